The van der Waals surface area contributed by atoms with Crippen LogP contribution in [0, 0.1) is 0 Å². The van der Waals surface area contributed by atoms with Gasteiger partial charge in [0, 0.05) is 0 Å². The van der Waals surface area contributed by atoms with E-state index in [9.17, 15) is 13.6 Å². The molecule has 0 unspecified atom stereocenters. The Labute approximate surface area is 85.6 Å². The molecule has 5 heteroatoms. The van der Waals surface area contributed by atoms with Crippen molar-refractivity contribution in [1.29, 1.82) is 0 Å². The lowest BCUT2D eigenvalue weighted by Crippen LogP contribution is -2.10. The van der Waals surface area contributed by atoms with E-state index in [2.05, 4.69) is 4.74 Å². The van der Waals surface area contributed by atoms with E-state index in [-0.39, 0.29) is 11.3 Å². The molecule has 0 fully saturated rings. The standard InChI is InChI=1S/C10H10F2O3/c1-14-10(13)7-4-2-3-5-8(7)15-6-9(11)12/h2-5,9H,6H2,1H3. The molecule has 0 heterocycles. The molecule has 0 aromatic heterocycles. The summed E-state index contributed by atoms with van der Waals surface area (Å²) in [7, 11) is 1.21. The molecular formula is C10H10F2O3. The number of methoxy groups -OCH3 is 1. The molecule has 0 atom stereocenters. The molecule has 0 aliphatic carbocycles. The first-order chi connectivity index (χ1) is 7.15. The van der Waals surface area contributed by atoms with Crippen LogP contribution < -0.4 is 4.74 Å². The van der Waals surface area contributed by atoms with E-state index in [0.717, 1.165) is 0 Å². The van der Waals surface area contributed by atoms with Gasteiger partial charge in [-0.25, -0.2) is 13.6 Å². The fourth-order valence-electron chi connectivity index (χ4n) is 1.02. The molecular weight excluding hydrogens is 206 g/mol. The third-order valence-electron chi connectivity index (χ3n) is 1.66. The zero-order valence-corrected chi connectivity index (χ0v) is 8.07. The number of esters is 1. The van der Waals surface area contributed by atoms with Gasteiger partial charge in [-0.15, -0.1) is 0 Å². The summed E-state index contributed by atoms with van der Waals surface area (Å²) in [5, 5.41) is 0. The van der Waals surface area contributed by atoms with Gasteiger partial charge in [-0.2, -0.15) is 0 Å². The summed E-state index contributed by atoms with van der Waals surface area (Å²) in [6.07, 6.45) is -2.57. The van der Waals surface area contributed by atoms with Crippen molar-refractivity contribution in [3.63, 3.8) is 0 Å². The van der Waals surface area contributed by atoms with E-state index in [1.807, 2.05) is 0 Å². The maximum atomic E-state index is 11.9. The van der Waals surface area contributed by atoms with Crippen LogP contribution in [0.15, 0.2) is 24.3 Å². The monoisotopic (exact) mass is 216 g/mol. The van der Waals surface area contributed by atoms with E-state index < -0.39 is 19.0 Å². The minimum atomic E-state index is -2.57. The zero-order valence-electron chi connectivity index (χ0n) is 8.07. The molecule has 0 bridgehead atoms. The van der Waals surface area contributed by atoms with Gasteiger partial charge in [0.1, 0.15) is 17.9 Å². The Hall–Kier alpha value is -1.65. The normalized spacial score (nSPS) is 10.1. The smallest absolute Gasteiger partial charge is 0.341 e. The predicted molar refractivity (Wildman–Crippen MR) is 49.3 cm³/mol. The molecule has 0 amide bonds. The van der Waals surface area contributed by atoms with Crippen molar-refractivity contribution >= 4 is 5.97 Å². The Bertz CT molecular complexity index is 339. The van der Waals surface area contributed by atoms with E-state index in [0.29, 0.717) is 0 Å². The second-order valence-corrected chi connectivity index (χ2v) is 2.69. The molecule has 0 aliphatic rings. The number of benzene rings is 1. The second kappa shape index (κ2) is 5.29. The summed E-state index contributed by atoms with van der Waals surface area (Å²) in [5.41, 5.74) is 0.139. The first kappa shape index (κ1) is 11.4. The molecule has 3 nitrogen and oxygen atoms in total. The van der Waals surface area contributed by atoms with Crippen LogP contribution in [0.2, 0.25) is 0 Å². The van der Waals surface area contributed by atoms with E-state index in [1.54, 1.807) is 12.1 Å². The highest BCUT2D eigenvalue weighted by atomic mass is 19.3. The van der Waals surface area contributed by atoms with Crippen molar-refractivity contribution in [2.45, 2.75) is 6.43 Å². The van der Waals surface area contributed by atoms with Gasteiger partial charge in [0.2, 0.25) is 0 Å². The van der Waals surface area contributed by atoms with Gasteiger partial charge in [-0.3, -0.25) is 0 Å². The fraction of sp³-hybridized carbons (Fsp3) is 0.300. The highest BCUT2D eigenvalue weighted by molar-refractivity contribution is 5.92. The zero-order chi connectivity index (χ0) is 11.3. The van der Waals surface area contributed by atoms with Crippen LogP contribution in [0.4, 0.5) is 8.78 Å². The van der Waals surface area contributed by atoms with Crippen molar-refractivity contribution < 1.29 is 23.0 Å². The van der Waals surface area contributed by atoms with Crippen molar-refractivity contribution in [2.24, 2.45) is 0 Å². The molecule has 0 radical (unpaired) electrons. The Kier molecular flexibility index (Phi) is 4.03. The summed E-state index contributed by atoms with van der Waals surface area (Å²) in [5.74, 6) is -0.510. The Morgan fingerprint density at radius 2 is 2.07 bits per heavy atom. The summed E-state index contributed by atoms with van der Waals surface area (Å²) in [6, 6.07) is 6.08. The van der Waals surface area contributed by atoms with Crippen molar-refractivity contribution in [3.8, 4) is 5.75 Å². The molecule has 1 rings (SSSR count). The second-order valence-electron chi connectivity index (χ2n) is 2.69. The van der Waals surface area contributed by atoms with E-state index >= 15 is 0 Å². The van der Waals surface area contributed by atoms with Gasteiger partial charge >= 0.3 is 5.97 Å². The first-order valence-electron chi connectivity index (χ1n) is 4.23. The number of alkyl halides is 2. The van der Waals surface area contributed by atoms with Crippen molar-refractivity contribution in [3.05, 3.63) is 29.8 Å². The number of halogens is 2. The molecule has 15 heavy (non-hydrogen) atoms. The number of para-hydroxylation sites is 1. The van der Waals surface area contributed by atoms with Gasteiger partial charge in [-0.1, -0.05) is 12.1 Å². The topological polar surface area (TPSA) is 35.5 Å². The summed E-state index contributed by atoms with van der Waals surface area (Å²) in [4.78, 5) is 11.2. The highest BCUT2D eigenvalue weighted by Crippen LogP contribution is 2.19. The summed E-state index contributed by atoms with van der Waals surface area (Å²) >= 11 is 0. The number of rotatable bonds is 4. The lowest BCUT2D eigenvalue weighted by atomic mass is 10.2. The quantitative estimate of drug-likeness (QED) is 0.723. The van der Waals surface area contributed by atoms with Crippen LogP contribution >= 0.6 is 0 Å². The predicted octanol–water partition coefficient (Wildman–Crippen LogP) is 2.12. The lowest BCUT2D eigenvalue weighted by molar-refractivity contribution is 0.0578. The van der Waals surface area contributed by atoms with Crippen LogP contribution in [-0.2, 0) is 4.74 Å². The molecule has 0 N–H and O–H groups in total. The lowest BCUT2D eigenvalue weighted by Gasteiger charge is -2.09. The molecule has 1 aromatic rings. The molecule has 0 spiro atoms. The molecule has 0 saturated heterocycles. The van der Waals surface area contributed by atoms with Crippen LogP contribution in [0.3, 0.4) is 0 Å². The number of ether oxygens (including phenoxy) is 2. The fourth-order valence-corrected chi connectivity index (χ4v) is 1.02. The summed E-state index contributed by atoms with van der Waals surface area (Å²) < 4.78 is 33.0. The largest absolute Gasteiger partial charge is 0.487 e. The van der Waals surface area contributed by atoms with Crippen LogP contribution in [0.1, 0.15) is 10.4 Å². The Morgan fingerprint density at radius 1 is 1.40 bits per heavy atom. The molecule has 1 aromatic carbocycles. The third kappa shape index (κ3) is 3.19. The minimum Gasteiger partial charge on any atom is -0.487 e. The van der Waals surface area contributed by atoms with Crippen molar-refractivity contribution in [2.75, 3.05) is 13.7 Å². The van der Waals surface area contributed by atoms with Crippen molar-refractivity contribution in [1.82, 2.24) is 0 Å². The summed E-state index contributed by atoms with van der Waals surface area (Å²) in [6.45, 7) is -0.742. The Balaban J connectivity index is 2.81. The molecule has 0 aliphatic heterocycles. The van der Waals surface area contributed by atoms with Gasteiger partial charge in [0.15, 0.2) is 0 Å². The highest BCUT2D eigenvalue weighted by Gasteiger charge is 2.13. The number of hydrogen-bond donors (Lipinski definition) is 0. The molecule has 82 valence electrons. The number of hydrogen-bond acceptors (Lipinski definition) is 3. The maximum absolute atomic E-state index is 11.9. The first-order valence-corrected chi connectivity index (χ1v) is 4.23. The number of carbonyl (C=O) groups is 1. The average molecular weight is 216 g/mol. The Morgan fingerprint density at radius 3 is 2.67 bits per heavy atom. The van der Waals surface area contributed by atoms with Gasteiger partial charge in [0.05, 0.1) is 7.11 Å². The van der Waals surface area contributed by atoms with Crippen LogP contribution in [0.25, 0.3) is 0 Å². The van der Waals surface area contributed by atoms with Gasteiger partial charge in [0.25, 0.3) is 6.43 Å². The SMILES string of the molecule is COC(=O)c1ccccc1OCC(F)F. The number of carbonyl (C=O) groups excluding carboxylic acids is 1. The van der Waals surface area contributed by atoms with E-state index in [1.165, 1.54) is 19.2 Å². The minimum absolute atomic E-state index is 0.102. The molecule has 0 saturated carbocycles. The van der Waals surface area contributed by atoms with Crippen LogP contribution in [0.5, 0.6) is 5.75 Å². The van der Waals surface area contributed by atoms with Gasteiger partial charge < -0.3 is 9.47 Å². The third-order valence-corrected chi connectivity index (χ3v) is 1.66. The van der Waals surface area contributed by atoms with E-state index in [4.69, 9.17) is 4.74 Å². The van der Waals surface area contributed by atoms with Crippen LogP contribution in [-0.4, -0.2) is 26.1 Å². The average Bonchev–Trinajstić information content (AvgIpc) is 2.25. The van der Waals surface area contributed by atoms with Gasteiger partial charge in [-0.05, 0) is 12.1 Å². The maximum Gasteiger partial charge on any atom is 0.341 e.